The summed E-state index contributed by atoms with van der Waals surface area (Å²) < 4.78 is 0. The fraction of sp³-hybridized carbons (Fsp3) is 0.333. The van der Waals surface area contributed by atoms with Crippen molar-refractivity contribution in [1.29, 1.82) is 0 Å². The lowest BCUT2D eigenvalue weighted by molar-refractivity contribution is 0.282. The number of nitrogens with zero attached hydrogens (tertiary/aromatic N) is 1. The molecule has 1 aromatic rings. The van der Waals surface area contributed by atoms with Gasteiger partial charge in [0.2, 0.25) is 0 Å². The van der Waals surface area contributed by atoms with Crippen LogP contribution in [-0.4, -0.2) is 18.2 Å². The third-order valence-electron chi connectivity index (χ3n) is 2.29. The maximum absolute atomic E-state index is 9.23. The van der Waals surface area contributed by atoms with Gasteiger partial charge in [0.05, 0.1) is 6.61 Å². The summed E-state index contributed by atoms with van der Waals surface area (Å²) in [5, 5.41) is 9.91. The highest BCUT2D eigenvalue weighted by atomic mass is 35.5. The minimum atomic E-state index is 0.0279. The predicted molar refractivity (Wildman–Crippen MR) is 65.5 cm³/mol. The summed E-state index contributed by atoms with van der Waals surface area (Å²) in [5.74, 6) is 0. The normalized spacial score (nSPS) is 10.1. The van der Waals surface area contributed by atoms with E-state index in [1.165, 1.54) is 0 Å². The minimum Gasteiger partial charge on any atom is -0.392 e. The summed E-state index contributed by atoms with van der Waals surface area (Å²) in [5.41, 5.74) is 1.87. The molecule has 0 amide bonds. The molecule has 0 unspecified atom stereocenters. The SMILES string of the molecule is C=CCN(CC)c1cc(Cl)ccc1CO. The van der Waals surface area contributed by atoms with Gasteiger partial charge in [-0.2, -0.15) is 0 Å². The molecule has 0 radical (unpaired) electrons. The van der Waals surface area contributed by atoms with E-state index in [0.29, 0.717) is 5.02 Å². The molecule has 0 aliphatic carbocycles. The van der Waals surface area contributed by atoms with Crippen molar-refractivity contribution in [2.45, 2.75) is 13.5 Å². The van der Waals surface area contributed by atoms with Crippen LogP contribution in [0.4, 0.5) is 5.69 Å². The van der Waals surface area contributed by atoms with Crippen LogP contribution in [0.2, 0.25) is 5.02 Å². The van der Waals surface area contributed by atoms with E-state index in [1.54, 1.807) is 6.07 Å². The number of rotatable bonds is 5. The molecular formula is C12H16ClNO. The smallest absolute Gasteiger partial charge is 0.0702 e. The number of anilines is 1. The van der Waals surface area contributed by atoms with E-state index in [0.717, 1.165) is 24.3 Å². The van der Waals surface area contributed by atoms with Crippen LogP contribution in [0.5, 0.6) is 0 Å². The first-order valence-electron chi connectivity index (χ1n) is 4.98. The summed E-state index contributed by atoms with van der Waals surface area (Å²) in [6, 6.07) is 5.52. The monoisotopic (exact) mass is 225 g/mol. The highest BCUT2D eigenvalue weighted by Gasteiger charge is 2.08. The largest absolute Gasteiger partial charge is 0.392 e. The Morgan fingerprint density at radius 1 is 1.53 bits per heavy atom. The Hall–Kier alpha value is -0.990. The van der Waals surface area contributed by atoms with Gasteiger partial charge < -0.3 is 10.0 Å². The Morgan fingerprint density at radius 3 is 2.80 bits per heavy atom. The van der Waals surface area contributed by atoms with Crippen molar-refractivity contribution in [3.63, 3.8) is 0 Å². The van der Waals surface area contributed by atoms with Crippen molar-refractivity contribution in [1.82, 2.24) is 0 Å². The molecule has 0 spiro atoms. The van der Waals surface area contributed by atoms with Crippen molar-refractivity contribution in [3.8, 4) is 0 Å². The molecule has 82 valence electrons. The van der Waals surface area contributed by atoms with Crippen LogP contribution in [0.15, 0.2) is 30.9 Å². The zero-order valence-electron chi connectivity index (χ0n) is 8.91. The molecule has 0 atom stereocenters. The summed E-state index contributed by atoms with van der Waals surface area (Å²) in [7, 11) is 0. The second-order valence-electron chi connectivity index (χ2n) is 3.26. The van der Waals surface area contributed by atoms with E-state index in [2.05, 4.69) is 18.4 Å². The zero-order valence-corrected chi connectivity index (χ0v) is 9.67. The summed E-state index contributed by atoms with van der Waals surface area (Å²) >= 11 is 5.94. The molecule has 0 saturated carbocycles. The first-order valence-corrected chi connectivity index (χ1v) is 5.35. The van der Waals surface area contributed by atoms with Gasteiger partial charge >= 0.3 is 0 Å². The van der Waals surface area contributed by atoms with Gasteiger partial charge in [-0.1, -0.05) is 23.7 Å². The lowest BCUT2D eigenvalue weighted by Gasteiger charge is -2.24. The van der Waals surface area contributed by atoms with Crippen molar-refractivity contribution in [2.24, 2.45) is 0 Å². The molecule has 1 rings (SSSR count). The van der Waals surface area contributed by atoms with Crippen LogP contribution in [0.25, 0.3) is 0 Å². The molecular weight excluding hydrogens is 210 g/mol. The highest BCUT2D eigenvalue weighted by Crippen LogP contribution is 2.24. The fourth-order valence-electron chi connectivity index (χ4n) is 1.52. The molecule has 3 heteroatoms. The third-order valence-corrected chi connectivity index (χ3v) is 2.52. The maximum atomic E-state index is 9.23. The average molecular weight is 226 g/mol. The summed E-state index contributed by atoms with van der Waals surface area (Å²) in [6.07, 6.45) is 1.84. The van der Waals surface area contributed by atoms with Crippen molar-refractivity contribution < 1.29 is 5.11 Å². The van der Waals surface area contributed by atoms with Gasteiger partial charge in [0.1, 0.15) is 0 Å². The van der Waals surface area contributed by atoms with Gasteiger partial charge in [-0.3, -0.25) is 0 Å². The average Bonchev–Trinajstić information content (AvgIpc) is 2.26. The molecule has 0 fully saturated rings. The topological polar surface area (TPSA) is 23.5 Å². The fourth-order valence-corrected chi connectivity index (χ4v) is 1.69. The van der Waals surface area contributed by atoms with Crippen LogP contribution in [0, 0.1) is 0 Å². The molecule has 0 heterocycles. The Balaban J connectivity index is 3.07. The number of halogens is 1. The van der Waals surface area contributed by atoms with Gasteiger partial charge in [-0.15, -0.1) is 6.58 Å². The van der Waals surface area contributed by atoms with E-state index < -0.39 is 0 Å². The molecule has 0 aromatic heterocycles. The molecule has 1 N–H and O–H groups in total. The van der Waals surface area contributed by atoms with Crippen molar-refractivity contribution in [3.05, 3.63) is 41.4 Å². The highest BCUT2D eigenvalue weighted by molar-refractivity contribution is 6.30. The molecule has 0 aliphatic heterocycles. The van der Waals surface area contributed by atoms with E-state index in [4.69, 9.17) is 11.6 Å². The molecule has 0 aliphatic rings. The van der Waals surface area contributed by atoms with E-state index in [1.807, 2.05) is 18.2 Å². The Labute approximate surface area is 95.8 Å². The van der Waals surface area contributed by atoms with Gasteiger partial charge in [0.25, 0.3) is 0 Å². The number of likely N-dealkylation sites (N-methyl/N-ethyl adjacent to an activating group) is 1. The lowest BCUT2D eigenvalue weighted by Crippen LogP contribution is -2.23. The molecule has 2 nitrogen and oxygen atoms in total. The van der Waals surface area contributed by atoms with Gasteiger partial charge in [0, 0.05) is 29.4 Å². The standard InChI is InChI=1S/C12H16ClNO/c1-3-7-14(4-2)12-8-11(13)6-5-10(12)9-15/h3,5-6,8,15H,1,4,7,9H2,2H3. The van der Waals surface area contributed by atoms with Gasteiger partial charge in [-0.25, -0.2) is 0 Å². The predicted octanol–water partition coefficient (Wildman–Crippen LogP) is 2.84. The zero-order chi connectivity index (χ0) is 11.3. The number of aliphatic hydroxyl groups is 1. The first kappa shape index (κ1) is 12.1. The molecule has 0 bridgehead atoms. The quantitative estimate of drug-likeness (QED) is 0.779. The number of hydrogen-bond acceptors (Lipinski definition) is 2. The van der Waals surface area contributed by atoms with Crippen molar-refractivity contribution >= 4 is 17.3 Å². The molecule has 1 aromatic carbocycles. The number of benzene rings is 1. The van der Waals surface area contributed by atoms with E-state index in [-0.39, 0.29) is 6.61 Å². The van der Waals surface area contributed by atoms with Crippen LogP contribution in [0.3, 0.4) is 0 Å². The summed E-state index contributed by atoms with van der Waals surface area (Å²) in [4.78, 5) is 2.12. The van der Waals surface area contributed by atoms with E-state index >= 15 is 0 Å². The van der Waals surface area contributed by atoms with Gasteiger partial charge in [-0.05, 0) is 19.1 Å². The summed E-state index contributed by atoms with van der Waals surface area (Å²) in [6.45, 7) is 7.42. The van der Waals surface area contributed by atoms with Crippen LogP contribution < -0.4 is 4.90 Å². The van der Waals surface area contributed by atoms with Crippen LogP contribution >= 0.6 is 11.6 Å². The number of hydrogen-bond donors (Lipinski definition) is 1. The Morgan fingerprint density at radius 2 is 2.27 bits per heavy atom. The van der Waals surface area contributed by atoms with E-state index in [9.17, 15) is 5.11 Å². The molecule has 15 heavy (non-hydrogen) atoms. The Kier molecular flexibility index (Phi) is 4.66. The van der Waals surface area contributed by atoms with Gasteiger partial charge in [0.15, 0.2) is 0 Å². The second-order valence-corrected chi connectivity index (χ2v) is 3.69. The second kappa shape index (κ2) is 5.79. The minimum absolute atomic E-state index is 0.0279. The maximum Gasteiger partial charge on any atom is 0.0702 e. The first-order chi connectivity index (χ1) is 7.22. The van der Waals surface area contributed by atoms with Crippen LogP contribution in [-0.2, 0) is 6.61 Å². The lowest BCUT2D eigenvalue weighted by atomic mass is 10.1. The Bertz CT molecular complexity index is 338. The number of aliphatic hydroxyl groups excluding tert-OH is 1. The van der Waals surface area contributed by atoms with Crippen LogP contribution in [0.1, 0.15) is 12.5 Å². The van der Waals surface area contributed by atoms with Crippen molar-refractivity contribution in [2.75, 3.05) is 18.0 Å². The molecule has 0 saturated heterocycles. The third kappa shape index (κ3) is 2.98.